The predicted octanol–water partition coefficient (Wildman–Crippen LogP) is 5.52. The molecule has 0 atom stereocenters. The van der Waals surface area contributed by atoms with Crippen LogP contribution in [0.2, 0.25) is 0 Å². The first-order chi connectivity index (χ1) is 8.34. The number of allylic oxidation sites excluding steroid dienone is 5. The van der Waals surface area contributed by atoms with Gasteiger partial charge < -0.3 is 0 Å². The van der Waals surface area contributed by atoms with E-state index in [0.717, 1.165) is 5.57 Å². The van der Waals surface area contributed by atoms with Gasteiger partial charge in [-0.15, -0.1) is 0 Å². The summed E-state index contributed by atoms with van der Waals surface area (Å²) in [6.07, 6.45) is 6.15. The van der Waals surface area contributed by atoms with Crippen LogP contribution in [0.3, 0.4) is 0 Å². The molecule has 0 radical (unpaired) electrons. The van der Waals surface area contributed by atoms with Gasteiger partial charge in [-0.3, -0.25) is 0 Å². The third-order valence-corrected chi connectivity index (χ3v) is 2.90. The van der Waals surface area contributed by atoms with Crippen LogP contribution in [0.4, 0.5) is 0 Å². The number of rotatable bonds is 3. The first-order valence-electron chi connectivity index (χ1n) is 6.43. The van der Waals surface area contributed by atoms with Crippen LogP contribution in [0.15, 0.2) is 54.6 Å². The molecule has 18 heavy (non-hydrogen) atoms. The standard InChI is InChI=1S/C18H24/c1-7-15(9-8-14(2)3)16-10-12-17(13-11-16)18(4,5)6/h7-13H,1H2,2-6H3/b15-9+. The first kappa shape index (κ1) is 14.5. The van der Waals surface area contributed by atoms with Crippen molar-refractivity contribution < 1.29 is 0 Å². The van der Waals surface area contributed by atoms with E-state index in [9.17, 15) is 0 Å². The molecule has 0 saturated heterocycles. The van der Waals surface area contributed by atoms with Crippen molar-refractivity contribution in [2.75, 3.05) is 0 Å². The largest absolute Gasteiger partial charge is 0.0984 e. The normalized spacial score (nSPS) is 12.2. The zero-order chi connectivity index (χ0) is 13.8. The smallest absolute Gasteiger partial charge is 0.0132 e. The second-order valence-corrected chi connectivity index (χ2v) is 5.90. The molecule has 0 bridgehead atoms. The number of hydrogen-bond donors (Lipinski definition) is 0. The summed E-state index contributed by atoms with van der Waals surface area (Å²) in [5.41, 5.74) is 5.24. The van der Waals surface area contributed by atoms with Crippen LogP contribution in [-0.4, -0.2) is 0 Å². The fourth-order valence-corrected chi connectivity index (χ4v) is 1.70. The van der Waals surface area contributed by atoms with Gasteiger partial charge in [-0.2, -0.15) is 0 Å². The number of benzene rings is 1. The minimum absolute atomic E-state index is 0.205. The van der Waals surface area contributed by atoms with Gasteiger partial charge in [0.05, 0.1) is 0 Å². The lowest BCUT2D eigenvalue weighted by molar-refractivity contribution is 0.590. The molecular weight excluding hydrogens is 216 g/mol. The quantitative estimate of drug-likeness (QED) is 0.610. The van der Waals surface area contributed by atoms with Gasteiger partial charge in [0.25, 0.3) is 0 Å². The molecule has 0 saturated carbocycles. The van der Waals surface area contributed by atoms with Crippen LogP contribution in [0.5, 0.6) is 0 Å². The maximum Gasteiger partial charge on any atom is -0.0132 e. The lowest BCUT2D eigenvalue weighted by Crippen LogP contribution is -2.10. The van der Waals surface area contributed by atoms with Crippen molar-refractivity contribution in [3.8, 4) is 0 Å². The summed E-state index contributed by atoms with van der Waals surface area (Å²) in [6.45, 7) is 14.8. The summed E-state index contributed by atoms with van der Waals surface area (Å²) in [5.74, 6) is 0. The second-order valence-electron chi connectivity index (χ2n) is 5.90. The van der Waals surface area contributed by atoms with Crippen LogP contribution < -0.4 is 0 Å². The molecule has 0 aliphatic heterocycles. The van der Waals surface area contributed by atoms with Crippen LogP contribution in [-0.2, 0) is 5.41 Å². The van der Waals surface area contributed by atoms with Gasteiger partial charge in [0.1, 0.15) is 0 Å². The minimum Gasteiger partial charge on any atom is -0.0984 e. The minimum atomic E-state index is 0.205. The zero-order valence-electron chi connectivity index (χ0n) is 12.2. The summed E-state index contributed by atoms with van der Waals surface area (Å²) in [4.78, 5) is 0. The SMILES string of the molecule is C=C/C(=C\C=C(C)C)c1ccc(C(C)(C)C)cc1. The number of hydrogen-bond acceptors (Lipinski definition) is 0. The average Bonchev–Trinajstić information content (AvgIpc) is 2.29. The Labute approximate surface area is 112 Å². The summed E-state index contributed by atoms with van der Waals surface area (Å²) in [7, 11) is 0. The van der Waals surface area contributed by atoms with Gasteiger partial charge in [0, 0.05) is 0 Å². The second kappa shape index (κ2) is 5.86. The fraction of sp³-hybridized carbons (Fsp3) is 0.333. The zero-order valence-corrected chi connectivity index (χ0v) is 12.2. The van der Waals surface area contributed by atoms with Crippen molar-refractivity contribution in [2.45, 2.75) is 40.0 Å². The van der Waals surface area contributed by atoms with E-state index in [1.54, 1.807) is 0 Å². The van der Waals surface area contributed by atoms with Gasteiger partial charge in [-0.25, -0.2) is 0 Å². The van der Waals surface area contributed by atoms with E-state index in [1.807, 2.05) is 6.08 Å². The van der Waals surface area contributed by atoms with Crippen LogP contribution in [0, 0.1) is 0 Å². The highest BCUT2D eigenvalue weighted by molar-refractivity contribution is 5.74. The highest BCUT2D eigenvalue weighted by Crippen LogP contribution is 2.24. The molecule has 0 aromatic heterocycles. The molecule has 1 aromatic rings. The van der Waals surface area contributed by atoms with Gasteiger partial charge in [-0.1, -0.05) is 75.4 Å². The molecule has 1 rings (SSSR count). The van der Waals surface area contributed by atoms with Gasteiger partial charge in [0.2, 0.25) is 0 Å². The predicted molar refractivity (Wildman–Crippen MR) is 82.7 cm³/mol. The van der Waals surface area contributed by atoms with E-state index in [2.05, 4.69) is 77.6 Å². The summed E-state index contributed by atoms with van der Waals surface area (Å²) in [5, 5.41) is 0. The molecule has 0 spiro atoms. The van der Waals surface area contributed by atoms with E-state index < -0.39 is 0 Å². The van der Waals surface area contributed by atoms with Crippen molar-refractivity contribution in [2.24, 2.45) is 0 Å². The molecule has 0 aliphatic carbocycles. The molecule has 0 N–H and O–H groups in total. The fourth-order valence-electron chi connectivity index (χ4n) is 1.70. The van der Waals surface area contributed by atoms with Gasteiger partial charge in [0.15, 0.2) is 0 Å². The molecule has 0 fully saturated rings. The monoisotopic (exact) mass is 240 g/mol. The van der Waals surface area contributed by atoms with Crippen molar-refractivity contribution >= 4 is 5.57 Å². The molecule has 96 valence electrons. The van der Waals surface area contributed by atoms with Crippen molar-refractivity contribution in [1.82, 2.24) is 0 Å². The third kappa shape index (κ3) is 4.03. The molecule has 0 aliphatic rings. The molecule has 1 aromatic carbocycles. The van der Waals surface area contributed by atoms with Crippen molar-refractivity contribution in [1.29, 1.82) is 0 Å². The summed E-state index contributed by atoms with van der Waals surface area (Å²) < 4.78 is 0. The van der Waals surface area contributed by atoms with Gasteiger partial charge in [-0.05, 0) is 36.0 Å². The van der Waals surface area contributed by atoms with Crippen LogP contribution in [0.1, 0.15) is 45.7 Å². The van der Waals surface area contributed by atoms with Crippen LogP contribution in [0.25, 0.3) is 5.57 Å². The maximum absolute atomic E-state index is 3.89. The van der Waals surface area contributed by atoms with E-state index in [1.165, 1.54) is 16.7 Å². The van der Waals surface area contributed by atoms with Crippen molar-refractivity contribution in [3.63, 3.8) is 0 Å². The van der Waals surface area contributed by atoms with E-state index in [-0.39, 0.29) is 5.41 Å². The topological polar surface area (TPSA) is 0 Å². The maximum atomic E-state index is 3.89. The average molecular weight is 240 g/mol. The highest BCUT2D eigenvalue weighted by Gasteiger charge is 2.12. The molecule has 0 unspecified atom stereocenters. The Balaban J connectivity index is 3.07. The summed E-state index contributed by atoms with van der Waals surface area (Å²) >= 11 is 0. The van der Waals surface area contributed by atoms with E-state index in [0.29, 0.717) is 0 Å². The summed E-state index contributed by atoms with van der Waals surface area (Å²) in [6, 6.07) is 8.75. The molecular formula is C18H24. The third-order valence-electron chi connectivity index (χ3n) is 2.90. The first-order valence-corrected chi connectivity index (χ1v) is 6.43. The lowest BCUT2D eigenvalue weighted by Gasteiger charge is -2.19. The molecule has 0 heteroatoms. The Hall–Kier alpha value is -1.56. The molecule has 0 heterocycles. The van der Waals surface area contributed by atoms with E-state index in [4.69, 9.17) is 0 Å². The van der Waals surface area contributed by atoms with Gasteiger partial charge >= 0.3 is 0 Å². The van der Waals surface area contributed by atoms with E-state index >= 15 is 0 Å². The Morgan fingerprint density at radius 2 is 1.56 bits per heavy atom. The Morgan fingerprint density at radius 1 is 1.00 bits per heavy atom. The Kier molecular flexibility index (Phi) is 4.72. The Bertz CT molecular complexity index is 458. The molecule has 0 amide bonds. The highest BCUT2D eigenvalue weighted by atomic mass is 14.2. The van der Waals surface area contributed by atoms with Crippen LogP contribution >= 0.6 is 0 Å². The Morgan fingerprint density at radius 3 is 1.94 bits per heavy atom. The lowest BCUT2D eigenvalue weighted by atomic mass is 9.86. The van der Waals surface area contributed by atoms with Crippen molar-refractivity contribution in [3.05, 3.63) is 65.8 Å². The molecule has 0 nitrogen and oxygen atoms in total.